The fourth-order valence-corrected chi connectivity index (χ4v) is 13.0. The predicted octanol–water partition coefficient (Wildman–Crippen LogP) is 10.9. The van der Waals surface area contributed by atoms with Crippen LogP contribution in [0.15, 0.2) is 176 Å². The molecule has 0 saturated carbocycles. The minimum Gasteiger partial charge on any atom is -0.505 e. The Morgan fingerprint density at radius 1 is 0.429 bits per heavy atom. The van der Waals surface area contributed by atoms with Gasteiger partial charge in [0.1, 0.15) is 37.4 Å². The highest BCUT2D eigenvalue weighted by Crippen LogP contribution is 2.49. The summed E-state index contributed by atoms with van der Waals surface area (Å²) < 4.78 is 205. The number of aromatic hydroxyl groups is 2. The monoisotopic (exact) mass is 1370 g/mol. The van der Waals surface area contributed by atoms with Gasteiger partial charge in [0.2, 0.25) is 0 Å². The van der Waals surface area contributed by atoms with Crippen molar-refractivity contribution in [1.82, 2.24) is 0 Å². The summed E-state index contributed by atoms with van der Waals surface area (Å²) in [4.78, 5) is -3.48. The smallest absolute Gasteiger partial charge is 0.397 e. The Bertz CT molecular complexity index is 5060. The van der Waals surface area contributed by atoms with E-state index in [1.807, 2.05) is 0 Å². The van der Waals surface area contributed by atoms with Crippen LogP contribution in [0.3, 0.4) is 0 Å². The fourth-order valence-electron chi connectivity index (χ4n) is 8.99. The van der Waals surface area contributed by atoms with Gasteiger partial charge in [0.25, 0.3) is 40.4 Å². The molecular formula is C53H51N11O21S6. The van der Waals surface area contributed by atoms with Crippen molar-refractivity contribution in [3.05, 3.63) is 138 Å². The van der Waals surface area contributed by atoms with Crippen molar-refractivity contribution in [3.8, 4) is 11.5 Å². The van der Waals surface area contributed by atoms with Crippen molar-refractivity contribution in [3.63, 3.8) is 0 Å². The van der Waals surface area contributed by atoms with Crippen molar-refractivity contribution in [1.29, 1.82) is 0 Å². The van der Waals surface area contributed by atoms with Gasteiger partial charge in [-0.3, -0.25) is 27.1 Å². The van der Waals surface area contributed by atoms with Crippen LogP contribution in [-0.2, 0) is 82.4 Å². The maximum absolute atomic E-state index is 14.1. The molecule has 8 aromatic rings. The first-order chi connectivity index (χ1) is 42.4. The van der Waals surface area contributed by atoms with Gasteiger partial charge in [-0.25, -0.2) is 16.8 Å². The third-order valence-electron chi connectivity index (χ3n) is 13.3. The molecule has 32 nitrogen and oxygen atoms in total. The molecule has 11 N–H and O–H groups in total. The lowest BCUT2D eigenvalue weighted by Crippen LogP contribution is -2.28. The lowest BCUT2D eigenvalue weighted by molar-refractivity contribution is 0.263. The van der Waals surface area contributed by atoms with E-state index in [1.54, 1.807) is 62.4 Å². The number of aryl methyl sites for hydroxylation is 4. The molecule has 0 bridgehead atoms. The van der Waals surface area contributed by atoms with Crippen LogP contribution >= 0.6 is 0 Å². The number of anilines is 3. The van der Waals surface area contributed by atoms with Crippen molar-refractivity contribution in [2.24, 2.45) is 40.9 Å². The lowest BCUT2D eigenvalue weighted by Gasteiger charge is -2.21. The van der Waals surface area contributed by atoms with Crippen LogP contribution < -0.4 is 15.8 Å². The normalized spacial score (nSPS) is 13.1. The summed E-state index contributed by atoms with van der Waals surface area (Å²) in [5, 5.41) is 55.0. The largest absolute Gasteiger partial charge is 0.505 e. The summed E-state index contributed by atoms with van der Waals surface area (Å²) in [6.07, 6.45) is 1.30. The van der Waals surface area contributed by atoms with E-state index >= 15 is 0 Å². The van der Waals surface area contributed by atoms with E-state index in [4.69, 9.17) is 20.6 Å². The van der Waals surface area contributed by atoms with Gasteiger partial charge in [-0.15, -0.1) is 20.5 Å². The Hall–Kier alpha value is -8.90. The third kappa shape index (κ3) is 16.4. The number of hydrogen-bond acceptors (Lipinski definition) is 26. The molecule has 8 aromatic carbocycles. The molecule has 0 saturated heterocycles. The summed E-state index contributed by atoms with van der Waals surface area (Å²) in [7, 11) is -28.7. The van der Waals surface area contributed by atoms with Crippen molar-refractivity contribution < 1.29 is 91.8 Å². The van der Waals surface area contributed by atoms with Gasteiger partial charge in [0.15, 0.2) is 11.5 Å². The van der Waals surface area contributed by atoms with Gasteiger partial charge in [-0.2, -0.15) is 62.5 Å². The Labute approximate surface area is 519 Å². The number of nitrogen functional groups attached to an aromatic ring is 2. The molecule has 0 aliphatic carbocycles. The number of nitrogens with two attached hydrogens (primary N) is 2. The molecule has 91 heavy (non-hydrogen) atoms. The predicted molar refractivity (Wildman–Crippen MR) is 329 cm³/mol. The SMILES string of the molecule is Cc1cc2cc(S(=O)(=O)O)c(N=Nc3ccc(S(=O)(=O)N(C)c4ccc(N=Nc5c(S(=O)(=O)O)cc6cc(C)c(N=Nc7ccc(CCCOS(=O)(=O)O)cc7)c(N)c6c5O)cc4S(=O)(=O)O)cc3)c(O)c2c(N)c1N=Nc1ccc(CCCOS(=O)(=O)O)cc1. The first kappa shape index (κ1) is 68.0. The minimum atomic E-state index is -5.35. The van der Waals surface area contributed by atoms with Gasteiger partial charge >= 0.3 is 20.8 Å². The molecule has 0 heterocycles. The van der Waals surface area contributed by atoms with Crippen LogP contribution in [0.25, 0.3) is 21.5 Å². The fraction of sp³-hybridized carbons (Fsp3) is 0.170. The van der Waals surface area contributed by atoms with Gasteiger partial charge in [-0.05, 0) is 164 Å². The number of rotatable bonds is 24. The first-order valence-corrected chi connectivity index (χ1v) is 34.3. The molecule has 38 heteroatoms. The zero-order valence-corrected chi connectivity index (χ0v) is 52.1. The summed E-state index contributed by atoms with van der Waals surface area (Å²) in [6, 6.07) is 24.4. The average molecular weight is 1370 g/mol. The molecule has 0 aromatic heterocycles. The second-order valence-corrected chi connectivity index (χ2v) is 28.0. The molecule has 0 radical (unpaired) electrons. The highest BCUT2D eigenvalue weighted by atomic mass is 32.3. The zero-order valence-electron chi connectivity index (χ0n) is 47.2. The second kappa shape index (κ2) is 26.5. The number of hydrogen-bond donors (Lipinski definition) is 9. The number of azo groups is 4. The van der Waals surface area contributed by atoms with Gasteiger partial charge in [-0.1, -0.05) is 24.3 Å². The van der Waals surface area contributed by atoms with Crippen LogP contribution in [-0.4, -0.2) is 104 Å². The molecule has 0 amide bonds. The van der Waals surface area contributed by atoms with E-state index in [2.05, 4.69) is 49.3 Å². The maximum atomic E-state index is 14.1. The van der Waals surface area contributed by atoms with Gasteiger partial charge < -0.3 is 21.7 Å². The summed E-state index contributed by atoms with van der Waals surface area (Å²) in [6.45, 7) is 2.60. The molecule has 0 spiro atoms. The Morgan fingerprint density at radius 3 is 1.13 bits per heavy atom. The molecule has 0 aliphatic rings. The van der Waals surface area contributed by atoms with Crippen LogP contribution in [0.4, 0.5) is 62.6 Å². The first-order valence-electron chi connectivity index (χ1n) is 25.8. The topological polar surface area (TPSA) is 519 Å². The lowest BCUT2D eigenvalue weighted by atomic mass is 10.0. The average Bonchev–Trinajstić information content (AvgIpc) is 1.05. The van der Waals surface area contributed by atoms with Crippen LogP contribution in [0.5, 0.6) is 11.5 Å². The minimum absolute atomic E-state index is 0.00775. The van der Waals surface area contributed by atoms with E-state index in [0.29, 0.717) is 45.7 Å². The molecule has 0 fully saturated rings. The third-order valence-corrected chi connectivity index (χ3v) is 18.6. The van der Waals surface area contributed by atoms with Crippen LogP contribution in [0.2, 0.25) is 0 Å². The number of phenols is 2. The number of fused-ring (bicyclic) bond motifs is 2. The van der Waals surface area contributed by atoms with Crippen LogP contribution in [0.1, 0.15) is 35.1 Å². The highest BCUT2D eigenvalue weighted by molar-refractivity contribution is 7.93. The van der Waals surface area contributed by atoms with Gasteiger partial charge in [0, 0.05) is 7.05 Å². The number of phenolic OH excluding ortho intramolecular Hbond substituents is 2. The number of nitrogens with zero attached hydrogens (tertiary/aromatic N) is 9. The summed E-state index contributed by atoms with van der Waals surface area (Å²) in [5.41, 5.74) is 12.5. The van der Waals surface area contributed by atoms with Crippen LogP contribution in [0, 0.1) is 13.8 Å². The highest BCUT2D eigenvalue weighted by Gasteiger charge is 2.30. The molecule has 480 valence electrons. The Balaban J connectivity index is 1.04. The number of benzene rings is 8. The van der Waals surface area contributed by atoms with E-state index in [9.17, 15) is 74.4 Å². The molecular weight excluding hydrogens is 1320 g/mol. The van der Waals surface area contributed by atoms with Crippen molar-refractivity contribution >= 4 is 145 Å². The van der Waals surface area contributed by atoms with Crippen molar-refractivity contribution in [2.45, 2.75) is 59.1 Å². The molecule has 0 aliphatic heterocycles. The summed E-state index contributed by atoms with van der Waals surface area (Å²) in [5.74, 6) is -1.82. The molecule has 0 unspecified atom stereocenters. The quantitative estimate of drug-likeness (QED) is 0.0117. The van der Waals surface area contributed by atoms with Gasteiger partial charge in [0.05, 0.1) is 68.7 Å². The van der Waals surface area contributed by atoms with E-state index < -0.39 is 115 Å². The maximum Gasteiger partial charge on any atom is 0.397 e. The zero-order chi connectivity index (χ0) is 66.8. The Morgan fingerprint density at radius 2 is 0.769 bits per heavy atom. The van der Waals surface area contributed by atoms with E-state index in [1.165, 1.54) is 12.1 Å². The summed E-state index contributed by atoms with van der Waals surface area (Å²) >= 11 is 0. The molecule has 8 rings (SSSR count). The second-order valence-electron chi connectivity index (χ2n) is 19.6. The standard InChI is InChI=1S/C53H51N11O21S6/c1-29-24-33-26-42(88(72,73)74)50(52(65)44(33)46(54)48(29)60-56-35-12-8-31(9-13-35)6-4-22-84-90(78,79)80)62-58-37-16-19-39(20-17-37)86(67,68)64(3)40-21-18-38(28-41(40)87(69,70)71)59-63-51-43(89(75,76)77)27-34-25-30(2)49(47(55)45(34)53(51)66)61-57-36-14-10-32(11-15-36)7-5-23-85-91(81,82)83/h8-21,24-28,65-66H,4-7,22-23,54-55H2,1-3H3,(H,69,70,71)(H,72,73,74)(H,75,76,77)(H,78,79,80)(H,81,82,83). The Kier molecular flexibility index (Phi) is 19.8. The van der Waals surface area contributed by atoms with E-state index in [-0.39, 0.29) is 76.0 Å². The van der Waals surface area contributed by atoms with E-state index in [0.717, 1.165) is 66.7 Å². The van der Waals surface area contributed by atoms with Crippen molar-refractivity contribution in [2.75, 3.05) is 36.0 Å². The number of sulfonamides is 1. The molecule has 0 atom stereocenters.